The second-order valence-corrected chi connectivity index (χ2v) is 31.7. The summed E-state index contributed by atoms with van der Waals surface area (Å²) in [5, 5.41) is 11.3. The molecule has 5 heteroatoms. The maximum Gasteiger partial charge on any atom is 0.192 e. The van der Waals surface area contributed by atoms with Crippen LogP contribution < -0.4 is 0 Å². The van der Waals surface area contributed by atoms with Crippen molar-refractivity contribution in [2.45, 2.75) is 183 Å². The number of aliphatic hydroxyl groups excluding tert-OH is 1. The summed E-state index contributed by atoms with van der Waals surface area (Å²) < 4.78 is 14.8. The zero-order valence-electron chi connectivity index (χ0n) is 33.9. The van der Waals surface area contributed by atoms with E-state index in [1.165, 1.54) is 63.4 Å². The highest BCUT2D eigenvalue weighted by atomic mass is 28.4. The van der Waals surface area contributed by atoms with Crippen LogP contribution in [0.3, 0.4) is 0 Å². The van der Waals surface area contributed by atoms with E-state index in [-0.39, 0.29) is 32.4 Å². The van der Waals surface area contributed by atoms with Crippen molar-refractivity contribution in [2.75, 3.05) is 13.2 Å². The summed E-state index contributed by atoms with van der Waals surface area (Å²) in [7, 11) is -3.91. The molecular weight excluding hydrogens is 609 g/mol. The van der Waals surface area contributed by atoms with Gasteiger partial charge in [-0.15, -0.1) is 0 Å². The summed E-state index contributed by atoms with van der Waals surface area (Å²) in [6.45, 7) is 43.0. The highest BCUT2D eigenvalue weighted by Gasteiger charge is 2.71. The predicted molar refractivity (Wildman–Crippen MR) is 206 cm³/mol. The molecule has 5 saturated carbocycles. The fraction of sp³-hybridized carbons (Fsp3) is 0.952. The molecular formula is C42H78O3Si2. The van der Waals surface area contributed by atoms with Crippen LogP contribution in [-0.2, 0) is 8.85 Å². The van der Waals surface area contributed by atoms with Gasteiger partial charge in [-0.2, -0.15) is 0 Å². The van der Waals surface area contributed by atoms with Gasteiger partial charge in [0.1, 0.15) is 0 Å². The Balaban J connectivity index is 1.53. The van der Waals surface area contributed by atoms with Crippen LogP contribution in [0.4, 0.5) is 0 Å². The van der Waals surface area contributed by atoms with Crippen LogP contribution in [0.25, 0.3) is 0 Å². The van der Waals surface area contributed by atoms with Gasteiger partial charge in [-0.05, 0) is 159 Å². The van der Waals surface area contributed by atoms with Gasteiger partial charge in [-0.3, -0.25) is 0 Å². The summed E-state index contributed by atoms with van der Waals surface area (Å²) in [6.07, 6.45) is 12.9. The van der Waals surface area contributed by atoms with E-state index in [1.807, 2.05) is 0 Å². The largest absolute Gasteiger partial charge is 0.416 e. The Morgan fingerprint density at radius 3 is 1.91 bits per heavy atom. The quantitative estimate of drug-likeness (QED) is 0.214. The zero-order chi connectivity index (χ0) is 35.4. The number of rotatable bonds is 7. The van der Waals surface area contributed by atoms with E-state index in [2.05, 4.69) is 109 Å². The summed E-state index contributed by atoms with van der Waals surface area (Å²) in [5.41, 5.74) is 2.42. The minimum Gasteiger partial charge on any atom is -0.416 e. The van der Waals surface area contributed by atoms with E-state index < -0.39 is 16.6 Å². The van der Waals surface area contributed by atoms with E-state index in [9.17, 15) is 5.11 Å². The van der Waals surface area contributed by atoms with E-state index in [0.717, 1.165) is 18.9 Å². The van der Waals surface area contributed by atoms with Crippen LogP contribution >= 0.6 is 0 Å². The molecule has 5 rings (SSSR count). The lowest BCUT2D eigenvalue weighted by atomic mass is 9.32. The monoisotopic (exact) mass is 687 g/mol. The number of aliphatic hydroxyl groups is 1. The van der Waals surface area contributed by atoms with Crippen molar-refractivity contribution < 1.29 is 14.0 Å². The molecule has 5 aliphatic carbocycles. The number of hydrogen-bond donors (Lipinski definition) is 1. The summed E-state index contributed by atoms with van der Waals surface area (Å²) in [4.78, 5) is 0. The zero-order valence-corrected chi connectivity index (χ0v) is 35.9. The Labute approximate surface area is 294 Å². The van der Waals surface area contributed by atoms with Crippen LogP contribution in [0.2, 0.25) is 36.3 Å². The van der Waals surface area contributed by atoms with Crippen LogP contribution in [0.1, 0.15) is 140 Å². The van der Waals surface area contributed by atoms with Gasteiger partial charge < -0.3 is 14.0 Å². The van der Waals surface area contributed by atoms with Crippen molar-refractivity contribution in [1.29, 1.82) is 0 Å². The Morgan fingerprint density at radius 1 is 0.745 bits per heavy atom. The molecule has 0 saturated heterocycles. The van der Waals surface area contributed by atoms with Crippen molar-refractivity contribution >= 4 is 16.6 Å². The summed E-state index contributed by atoms with van der Waals surface area (Å²) in [5.74, 6) is 3.21. The molecule has 0 aromatic heterocycles. The van der Waals surface area contributed by atoms with Gasteiger partial charge in [-0.1, -0.05) is 81.4 Å². The second kappa shape index (κ2) is 11.8. The second-order valence-electron chi connectivity index (χ2n) is 22.2. The minimum atomic E-state index is -1.97. The average Bonchev–Trinajstić information content (AvgIpc) is 3.33. The first kappa shape index (κ1) is 38.3. The molecule has 0 amide bonds. The standard InChI is InChI=1S/C42H78O3Si2/c1-29(2)30-19-24-42(27-43)26-25-40(11)31(35(30)42)17-18-33-38(9)22-21-34(45-47(15,16)37(6,7)8)39(10,32(38)20-23-41(33,40)12)28-44-46(13,14)36(3,4)5/h30-35,43H,1,17-28H2,2-16H3/t30?,31?,32?,33?,34-,35?,38-,39-,40+,41+,42+/m0/s1. The molecule has 272 valence electrons. The van der Waals surface area contributed by atoms with Crippen molar-refractivity contribution in [1.82, 2.24) is 0 Å². The normalized spacial score (nSPS) is 45.9. The van der Waals surface area contributed by atoms with E-state index in [0.29, 0.717) is 41.1 Å². The molecule has 0 bridgehead atoms. The first-order valence-corrected chi connectivity index (χ1v) is 25.7. The smallest absolute Gasteiger partial charge is 0.192 e. The lowest BCUT2D eigenvalue weighted by Gasteiger charge is -2.73. The molecule has 0 radical (unpaired) electrons. The van der Waals surface area contributed by atoms with Gasteiger partial charge in [0, 0.05) is 18.6 Å². The van der Waals surface area contributed by atoms with E-state index in [4.69, 9.17) is 8.85 Å². The molecule has 0 aromatic rings. The highest BCUT2D eigenvalue weighted by Crippen LogP contribution is 2.77. The lowest BCUT2D eigenvalue weighted by Crippen LogP contribution is -2.68. The van der Waals surface area contributed by atoms with Crippen LogP contribution in [0.15, 0.2) is 12.2 Å². The molecule has 5 unspecified atom stereocenters. The Kier molecular flexibility index (Phi) is 9.60. The van der Waals surface area contributed by atoms with Gasteiger partial charge >= 0.3 is 0 Å². The van der Waals surface area contributed by atoms with Crippen molar-refractivity contribution in [3.8, 4) is 0 Å². The summed E-state index contributed by atoms with van der Waals surface area (Å²) in [6, 6.07) is 0. The fourth-order valence-electron chi connectivity index (χ4n) is 12.8. The first-order valence-electron chi connectivity index (χ1n) is 19.8. The Hall–Kier alpha value is 0.0538. The molecule has 5 aliphatic rings. The number of allylic oxidation sites excluding steroid dienone is 1. The van der Waals surface area contributed by atoms with E-state index in [1.54, 1.807) is 0 Å². The molecule has 0 aliphatic heterocycles. The maximum absolute atomic E-state index is 10.9. The van der Waals surface area contributed by atoms with Crippen molar-refractivity contribution in [3.05, 3.63) is 12.2 Å². The molecule has 0 aromatic carbocycles. The Morgan fingerprint density at radius 2 is 1.36 bits per heavy atom. The maximum atomic E-state index is 10.9. The van der Waals surface area contributed by atoms with Crippen molar-refractivity contribution in [2.24, 2.45) is 56.7 Å². The predicted octanol–water partition coefficient (Wildman–Crippen LogP) is 12.0. The van der Waals surface area contributed by atoms with Crippen LogP contribution in [0, 0.1) is 56.7 Å². The molecule has 11 atom stereocenters. The molecule has 0 heterocycles. The van der Waals surface area contributed by atoms with Crippen molar-refractivity contribution in [3.63, 3.8) is 0 Å². The third kappa shape index (κ3) is 5.62. The topological polar surface area (TPSA) is 38.7 Å². The summed E-state index contributed by atoms with van der Waals surface area (Å²) >= 11 is 0. The average molecular weight is 687 g/mol. The first-order chi connectivity index (χ1) is 21.3. The van der Waals surface area contributed by atoms with Gasteiger partial charge in [0.15, 0.2) is 16.6 Å². The van der Waals surface area contributed by atoms with Gasteiger partial charge in [0.25, 0.3) is 0 Å². The highest BCUT2D eigenvalue weighted by molar-refractivity contribution is 6.74. The molecule has 47 heavy (non-hydrogen) atoms. The minimum absolute atomic E-state index is 0.00618. The van der Waals surface area contributed by atoms with Gasteiger partial charge in [-0.25, -0.2) is 0 Å². The fourth-order valence-corrected chi connectivity index (χ4v) is 15.4. The molecule has 0 spiro atoms. The third-order valence-corrected chi connectivity index (χ3v) is 27.1. The third-order valence-electron chi connectivity index (χ3n) is 18.1. The molecule has 1 N–H and O–H groups in total. The number of fused-ring (bicyclic) bond motifs is 7. The van der Waals surface area contributed by atoms with E-state index >= 15 is 0 Å². The van der Waals surface area contributed by atoms with Gasteiger partial charge in [0.05, 0.1) is 6.10 Å². The lowest BCUT2D eigenvalue weighted by molar-refractivity contribution is -0.253. The SMILES string of the molecule is C=C(C)C1CC[C@]2(CO)CC[C@]3(C)C(CCC4[C@@]5(C)CC[C@H](O[Si](C)(C)C(C)(C)C)[C@@](C)(CO[Si](C)(C)C(C)(C)C)C5CC[C@]43C)C12. The van der Waals surface area contributed by atoms with Crippen LogP contribution in [0.5, 0.6) is 0 Å². The number of hydrogen-bond acceptors (Lipinski definition) is 3. The Bertz CT molecular complexity index is 1200. The molecule has 3 nitrogen and oxygen atoms in total. The molecule has 5 fully saturated rings. The van der Waals surface area contributed by atoms with Gasteiger partial charge in [0.2, 0.25) is 0 Å². The van der Waals surface area contributed by atoms with Crippen LogP contribution in [-0.4, -0.2) is 41.1 Å².